The molecule has 14 nitrogen and oxygen atoms in total. The first-order chi connectivity index (χ1) is 15.2. The summed E-state index contributed by atoms with van der Waals surface area (Å²) < 4.78 is 19.0. The molecule has 0 bridgehead atoms. The summed E-state index contributed by atoms with van der Waals surface area (Å²) in [7, 11) is 0. The fourth-order valence-corrected chi connectivity index (χ4v) is 3.62. The van der Waals surface area contributed by atoms with Crippen molar-refractivity contribution in [2.75, 3.05) is 6.61 Å². The van der Waals surface area contributed by atoms with Crippen molar-refractivity contribution in [3.05, 3.63) is 44.5 Å². The fourth-order valence-electron chi connectivity index (χ4n) is 3.62. The van der Waals surface area contributed by atoms with Crippen LogP contribution >= 0.6 is 0 Å². The van der Waals surface area contributed by atoms with E-state index in [0.717, 1.165) is 0 Å². The van der Waals surface area contributed by atoms with Gasteiger partial charge in [0.05, 0.1) is 32.1 Å². The van der Waals surface area contributed by atoms with Crippen LogP contribution in [0.4, 0.5) is 0 Å². The first kappa shape index (κ1) is 22.7. The molecule has 0 aromatic carbocycles. The molecule has 2 fully saturated rings. The van der Waals surface area contributed by atoms with E-state index in [9.17, 15) is 30.0 Å². The highest BCUT2D eigenvalue weighted by atomic mass is 16.7. The highest BCUT2D eigenvalue weighted by molar-refractivity contribution is 5.02. The molecule has 2 aromatic rings. The van der Waals surface area contributed by atoms with Crippen LogP contribution in [0.1, 0.15) is 23.9 Å². The molecule has 4 rings (SSSR count). The maximum Gasteiger partial charge on any atom is 0.330 e. The lowest BCUT2D eigenvalue weighted by molar-refractivity contribution is -0.273. The van der Waals surface area contributed by atoms with Crippen molar-refractivity contribution in [3.8, 4) is 0 Å². The summed E-state index contributed by atoms with van der Waals surface area (Å²) in [5.41, 5.74) is -0.349. The largest absolute Gasteiger partial charge is 0.390 e. The van der Waals surface area contributed by atoms with Crippen molar-refractivity contribution in [1.29, 1.82) is 0 Å². The van der Waals surface area contributed by atoms with Crippen LogP contribution in [-0.4, -0.2) is 88.4 Å². The SMILES string of the molecule is Cc1cn([C@H]2C[C@H](O)[C@@H](Cn3cc(CO[C@@H]4OC[C@@H](O)[C@H](O)[C@H]4O)nn3)O2)c(=O)[nH]c1=O. The molecule has 0 spiro atoms. The lowest BCUT2D eigenvalue weighted by Gasteiger charge is -2.34. The van der Waals surface area contributed by atoms with Gasteiger partial charge >= 0.3 is 5.69 Å². The Morgan fingerprint density at radius 3 is 2.75 bits per heavy atom. The lowest BCUT2D eigenvalue weighted by Crippen LogP contribution is -2.53. The topological polar surface area (TPSA) is 194 Å². The van der Waals surface area contributed by atoms with Crippen LogP contribution in [0.25, 0.3) is 0 Å². The number of hydrogen-bond donors (Lipinski definition) is 5. The van der Waals surface area contributed by atoms with Gasteiger partial charge in [-0.3, -0.25) is 14.3 Å². The van der Waals surface area contributed by atoms with Crippen LogP contribution < -0.4 is 11.2 Å². The number of H-pyrrole nitrogens is 1. The Hall–Kier alpha value is -2.46. The third-order valence-corrected chi connectivity index (χ3v) is 5.46. The summed E-state index contributed by atoms with van der Waals surface area (Å²) in [4.78, 5) is 25.8. The van der Waals surface area contributed by atoms with Crippen LogP contribution in [0.15, 0.2) is 22.0 Å². The summed E-state index contributed by atoms with van der Waals surface area (Å²) in [5, 5.41) is 47.3. The van der Waals surface area contributed by atoms with E-state index in [2.05, 4.69) is 15.3 Å². The number of aromatic amines is 1. The van der Waals surface area contributed by atoms with Crippen molar-refractivity contribution in [2.24, 2.45) is 0 Å². The molecule has 4 heterocycles. The lowest BCUT2D eigenvalue weighted by atomic mass is 10.1. The Bertz CT molecular complexity index is 1050. The van der Waals surface area contributed by atoms with E-state index in [-0.39, 0.29) is 26.2 Å². The monoisotopic (exact) mass is 455 g/mol. The van der Waals surface area contributed by atoms with E-state index in [4.69, 9.17) is 14.2 Å². The third-order valence-electron chi connectivity index (χ3n) is 5.46. The van der Waals surface area contributed by atoms with Gasteiger partial charge in [-0.1, -0.05) is 5.21 Å². The van der Waals surface area contributed by atoms with Gasteiger partial charge in [0.25, 0.3) is 5.56 Å². The fraction of sp³-hybridized carbons (Fsp3) is 0.667. The molecule has 7 atom stereocenters. The number of ether oxygens (including phenoxy) is 3. The van der Waals surface area contributed by atoms with Crippen LogP contribution in [0.2, 0.25) is 0 Å². The van der Waals surface area contributed by atoms with E-state index in [1.807, 2.05) is 0 Å². The minimum atomic E-state index is -1.41. The van der Waals surface area contributed by atoms with Crippen molar-refractivity contribution >= 4 is 0 Å². The molecule has 0 radical (unpaired) electrons. The smallest absolute Gasteiger partial charge is 0.330 e. The number of nitrogens with zero attached hydrogens (tertiary/aromatic N) is 4. The predicted octanol–water partition coefficient (Wildman–Crippen LogP) is -3.26. The Morgan fingerprint density at radius 1 is 1.19 bits per heavy atom. The Morgan fingerprint density at radius 2 is 1.97 bits per heavy atom. The van der Waals surface area contributed by atoms with Gasteiger partial charge in [-0.05, 0) is 6.92 Å². The number of aryl methyl sites for hydroxylation is 1. The van der Waals surface area contributed by atoms with Gasteiger partial charge in [0.15, 0.2) is 6.29 Å². The molecule has 2 aliphatic heterocycles. The summed E-state index contributed by atoms with van der Waals surface area (Å²) in [6, 6.07) is 0. The minimum absolute atomic E-state index is 0.0761. The average Bonchev–Trinajstić information content (AvgIpc) is 3.35. The second kappa shape index (κ2) is 9.19. The van der Waals surface area contributed by atoms with Crippen molar-refractivity contribution in [2.45, 2.75) is 69.5 Å². The second-order valence-electron chi connectivity index (χ2n) is 7.90. The van der Waals surface area contributed by atoms with E-state index in [1.54, 1.807) is 13.1 Å². The van der Waals surface area contributed by atoms with E-state index in [1.165, 1.54) is 15.4 Å². The molecule has 32 heavy (non-hydrogen) atoms. The molecule has 0 saturated carbocycles. The van der Waals surface area contributed by atoms with Crippen LogP contribution in [-0.2, 0) is 27.4 Å². The summed E-state index contributed by atoms with van der Waals surface area (Å²) in [5.74, 6) is 0. The number of aliphatic hydroxyl groups is 4. The summed E-state index contributed by atoms with van der Waals surface area (Å²) in [6.07, 6.45) is -4.28. The summed E-state index contributed by atoms with van der Waals surface area (Å²) in [6.45, 7) is 1.46. The van der Waals surface area contributed by atoms with Gasteiger partial charge < -0.3 is 34.6 Å². The standard InChI is InChI=1S/C18H25N5O9/c1-8-3-23(18(29)19-16(8)28)13-2-10(24)12(32-13)5-22-4-9(20-21-22)6-30-17-15(27)14(26)11(25)7-31-17/h3-4,10-15,17,24-27H,2,5-7H2,1H3,(H,19,28,29)/t10-,11+,12+,13+,14-,15+,17+/m0/s1. The van der Waals surface area contributed by atoms with Gasteiger partial charge in [0.2, 0.25) is 0 Å². The van der Waals surface area contributed by atoms with Crippen molar-refractivity contribution < 1.29 is 34.6 Å². The number of rotatable bonds is 6. The van der Waals surface area contributed by atoms with Crippen LogP contribution in [0, 0.1) is 6.92 Å². The zero-order valence-electron chi connectivity index (χ0n) is 17.1. The number of aromatic nitrogens is 5. The van der Waals surface area contributed by atoms with E-state index >= 15 is 0 Å². The molecule has 0 aliphatic carbocycles. The molecule has 14 heteroatoms. The van der Waals surface area contributed by atoms with Crippen LogP contribution in [0.5, 0.6) is 0 Å². The molecular formula is C18H25N5O9. The first-order valence-corrected chi connectivity index (χ1v) is 10.0. The van der Waals surface area contributed by atoms with Gasteiger partial charge in [-0.2, -0.15) is 0 Å². The van der Waals surface area contributed by atoms with E-state index < -0.39 is 54.3 Å². The quantitative estimate of drug-likeness (QED) is 0.293. The molecule has 176 valence electrons. The van der Waals surface area contributed by atoms with Crippen LogP contribution in [0.3, 0.4) is 0 Å². The normalized spacial score (nSPS) is 33.0. The maximum absolute atomic E-state index is 12.1. The minimum Gasteiger partial charge on any atom is -0.390 e. The number of aliphatic hydroxyl groups excluding tert-OH is 4. The van der Waals surface area contributed by atoms with E-state index in [0.29, 0.717) is 11.3 Å². The van der Waals surface area contributed by atoms with Crippen molar-refractivity contribution in [1.82, 2.24) is 24.5 Å². The predicted molar refractivity (Wildman–Crippen MR) is 103 cm³/mol. The highest BCUT2D eigenvalue weighted by Crippen LogP contribution is 2.28. The van der Waals surface area contributed by atoms with Gasteiger partial charge in [-0.25, -0.2) is 9.48 Å². The molecule has 5 N–H and O–H groups in total. The summed E-state index contributed by atoms with van der Waals surface area (Å²) >= 11 is 0. The van der Waals surface area contributed by atoms with Gasteiger partial charge in [-0.15, -0.1) is 5.10 Å². The number of nitrogens with one attached hydrogen (secondary N) is 1. The Kier molecular flexibility index (Phi) is 6.52. The second-order valence-corrected chi connectivity index (χ2v) is 7.90. The molecular weight excluding hydrogens is 430 g/mol. The zero-order valence-corrected chi connectivity index (χ0v) is 17.1. The van der Waals surface area contributed by atoms with Gasteiger partial charge in [0.1, 0.15) is 36.3 Å². The molecule has 0 unspecified atom stereocenters. The van der Waals surface area contributed by atoms with Gasteiger partial charge in [0, 0.05) is 18.2 Å². The molecule has 0 amide bonds. The highest BCUT2D eigenvalue weighted by Gasteiger charge is 2.38. The zero-order chi connectivity index (χ0) is 23.0. The molecule has 2 saturated heterocycles. The van der Waals surface area contributed by atoms with Crippen molar-refractivity contribution in [3.63, 3.8) is 0 Å². The maximum atomic E-state index is 12.1. The number of hydrogen-bond acceptors (Lipinski definition) is 11. The molecule has 2 aliphatic rings. The third kappa shape index (κ3) is 4.66. The molecule has 2 aromatic heterocycles. The average molecular weight is 455 g/mol. The first-order valence-electron chi connectivity index (χ1n) is 10.0. The Labute approximate surface area is 180 Å². The Balaban J connectivity index is 1.34.